The number of aryl methyl sites for hydroxylation is 2. The molecule has 10 heteroatoms. The lowest BCUT2D eigenvalue weighted by atomic mass is 9.95. The second kappa shape index (κ2) is 10.2. The molecule has 2 unspecified atom stereocenters. The van der Waals surface area contributed by atoms with Crippen LogP contribution in [0, 0.1) is 19.7 Å². The van der Waals surface area contributed by atoms with Crippen LogP contribution in [0.4, 0.5) is 30.7 Å². The van der Waals surface area contributed by atoms with Crippen LogP contribution >= 0.6 is 0 Å². The average molecular weight is 501 g/mol. The van der Waals surface area contributed by atoms with Gasteiger partial charge in [-0.25, -0.2) is 4.39 Å². The summed E-state index contributed by atoms with van der Waals surface area (Å²) in [5, 5.41) is 11.8. The highest BCUT2D eigenvalue weighted by atomic mass is 19.4. The van der Waals surface area contributed by atoms with Crippen LogP contribution in [0.5, 0.6) is 11.5 Å². The molecular weight excluding hydrogens is 479 g/mol. The van der Waals surface area contributed by atoms with E-state index >= 15 is 0 Å². The zero-order valence-corrected chi connectivity index (χ0v) is 18.6. The molecular formula is C25H22F7NO2. The van der Waals surface area contributed by atoms with E-state index in [1.165, 1.54) is 18.2 Å². The van der Waals surface area contributed by atoms with Gasteiger partial charge in [0.25, 0.3) is 0 Å². The molecule has 3 aromatic rings. The van der Waals surface area contributed by atoms with E-state index in [-0.39, 0.29) is 11.3 Å². The zero-order valence-electron chi connectivity index (χ0n) is 18.6. The Morgan fingerprint density at radius 2 is 1.51 bits per heavy atom. The fraction of sp³-hybridized carbons (Fsp3) is 0.280. The molecule has 2 atom stereocenters. The smallest absolute Gasteiger partial charge is 0.416 e. The van der Waals surface area contributed by atoms with Crippen molar-refractivity contribution in [2.45, 2.75) is 38.3 Å². The van der Waals surface area contributed by atoms with Crippen molar-refractivity contribution in [3.8, 4) is 11.5 Å². The van der Waals surface area contributed by atoms with E-state index in [1.54, 1.807) is 18.2 Å². The number of hydrogen-bond donors (Lipinski definition) is 2. The van der Waals surface area contributed by atoms with E-state index < -0.39 is 48.0 Å². The van der Waals surface area contributed by atoms with Crippen molar-refractivity contribution in [2.24, 2.45) is 0 Å². The third-order valence-electron chi connectivity index (χ3n) is 5.15. The number of aliphatic hydroxyl groups excluding tert-OH is 1. The summed E-state index contributed by atoms with van der Waals surface area (Å²) in [6.45, 7) is 2.64. The molecule has 0 heterocycles. The number of hydrogen-bond acceptors (Lipinski definition) is 3. The molecule has 0 spiro atoms. The Bertz CT molecular complexity index is 1150. The predicted octanol–water partition coefficient (Wildman–Crippen LogP) is 6.86. The van der Waals surface area contributed by atoms with Crippen LogP contribution in [-0.2, 0) is 6.18 Å². The Hall–Kier alpha value is -3.11. The highest BCUT2D eigenvalue weighted by molar-refractivity contribution is 5.42. The molecule has 3 nitrogen and oxygen atoms in total. The highest BCUT2D eigenvalue weighted by Gasteiger charge is 2.39. The molecule has 188 valence electrons. The number of halogens is 7. The van der Waals surface area contributed by atoms with Crippen molar-refractivity contribution in [1.29, 1.82) is 0 Å². The third-order valence-corrected chi connectivity index (χ3v) is 5.15. The summed E-state index contributed by atoms with van der Waals surface area (Å²) in [5.41, 5.74) is 0.280. The number of ether oxygens (including phenoxy) is 1. The van der Waals surface area contributed by atoms with Gasteiger partial charge in [0.15, 0.2) is 6.10 Å². The van der Waals surface area contributed by atoms with Crippen LogP contribution < -0.4 is 10.1 Å². The van der Waals surface area contributed by atoms with Crippen molar-refractivity contribution in [3.05, 3.63) is 94.3 Å². The minimum Gasteiger partial charge on any atom is -0.457 e. The number of nitrogens with one attached hydrogen (secondary N) is 1. The predicted molar refractivity (Wildman–Crippen MR) is 116 cm³/mol. The lowest BCUT2D eigenvalue weighted by molar-refractivity contribution is -0.202. The molecule has 0 amide bonds. The summed E-state index contributed by atoms with van der Waals surface area (Å²) in [6.07, 6.45) is -12.6. The number of alkyl halides is 6. The topological polar surface area (TPSA) is 41.5 Å². The Kier molecular flexibility index (Phi) is 7.76. The van der Waals surface area contributed by atoms with Crippen LogP contribution in [0.1, 0.15) is 33.9 Å². The van der Waals surface area contributed by atoms with E-state index in [1.807, 2.05) is 19.9 Å². The largest absolute Gasteiger partial charge is 0.457 e. The van der Waals surface area contributed by atoms with Gasteiger partial charge < -0.3 is 15.2 Å². The maximum atomic E-state index is 14.7. The summed E-state index contributed by atoms with van der Waals surface area (Å²) in [7, 11) is 0. The molecule has 0 aliphatic carbocycles. The molecule has 3 aromatic carbocycles. The minimum atomic E-state index is -4.97. The summed E-state index contributed by atoms with van der Waals surface area (Å²) in [6, 6.07) is 11.5. The van der Waals surface area contributed by atoms with Gasteiger partial charge in [0.2, 0.25) is 0 Å². The van der Waals surface area contributed by atoms with Crippen molar-refractivity contribution in [1.82, 2.24) is 5.32 Å². The van der Waals surface area contributed by atoms with E-state index in [0.717, 1.165) is 11.1 Å². The Morgan fingerprint density at radius 1 is 0.857 bits per heavy atom. The Labute approximate surface area is 197 Å². The molecule has 0 fully saturated rings. The zero-order chi connectivity index (χ0) is 26.0. The van der Waals surface area contributed by atoms with E-state index in [4.69, 9.17) is 4.74 Å². The van der Waals surface area contributed by atoms with E-state index in [2.05, 4.69) is 5.32 Å². The SMILES string of the molecule is Cc1cc(C)cc(Oc2cccc(C(NCC(O)C(F)(F)F)c3cc(C(F)(F)F)ccc3F)c2)c1. The fourth-order valence-electron chi connectivity index (χ4n) is 3.58. The van der Waals surface area contributed by atoms with Gasteiger partial charge in [0, 0.05) is 12.1 Å². The van der Waals surface area contributed by atoms with Gasteiger partial charge in [-0.05, 0) is 73.0 Å². The van der Waals surface area contributed by atoms with Crippen LogP contribution in [0.2, 0.25) is 0 Å². The first-order valence-corrected chi connectivity index (χ1v) is 10.4. The Balaban J connectivity index is 2.02. The van der Waals surface area contributed by atoms with Crippen molar-refractivity contribution in [3.63, 3.8) is 0 Å². The standard InChI is InChI=1S/C25H22F7NO2/c1-14-8-15(2)10-19(9-14)35-18-5-3-4-16(11-18)23(33-13-22(34)25(30,31)32)20-12-17(24(27,28)29)6-7-21(20)26/h3-12,22-23,33-34H,13H2,1-2H3. The first-order valence-electron chi connectivity index (χ1n) is 10.4. The normalized spacial score (nSPS) is 14.0. The first-order chi connectivity index (χ1) is 16.2. The molecule has 0 saturated carbocycles. The molecule has 35 heavy (non-hydrogen) atoms. The summed E-state index contributed by atoms with van der Waals surface area (Å²) < 4.78 is 98.8. The van der Waals surface area contributed by atoms with Gasteiger partial charge in [-0.15, -0.1) is 0 Å². The van der Waals surface area contributed by atoms with Crippen molar-refractivity contribution < 1.29 is 40.6 Å². The molecule has 0 aliphatic rings. The Morgan fingerprint density at radius 3 is 2.11 bits per heavy atom. The molecule has 0 aromatic heterocycles. The molecule has 0 aliphatic heterocycles. The van der Waals surface area contributed by atoms with E-state index in [9.17, 15) is 35.8 Å². The lowest BCUT2D eigenvalue weighted by Gasteiger charge is -2.24. The molecule has 2 N–H and O–H groups in total. The summed E-state index contributed by atoms with van der Waals surface area (Å²) in [4.78, 5) is 0. The first kappa shape index (κ1) is 26.5. The van der Waals surface area contributed by atoms with Crippen molar-refractivity contribution >= 4 is 0 Å². The van der Waals surface area contributed by atoms with Gasteiger partial charge in [-0.2, -0.15) is 26.3 Å². The minimum absolute atomic E-state index is 0.138. The second-order valence-corrected chi connectivity index (χ2v) is 8.13. The van der Waals surface area contributed by atoms with Gasteiger partial charge >= 0.3 is 12.4 Å². The van der Waals surface area contributed by atoms with Gasteiger partial charge in [-0.3, -0.25) is 0 Å². The fourth-order valence-corrected chi connectivity index (χ4v) is 3.58. The number of benzene rings is 3. The van der Waals surface area contributed by atoms with E-state index in [0.29, 0.717) is 23.9 Å². The third kappa shape index (κ3) is 6.95. The lowest BCUT2D eigenvalue weighted by Crippen LogP contribution is -2.40. The average Bonchev–Trinajstić information content (AvgIpc) is 2.73. The van der Waals surface area contributed by atoms with Gasteiger partial charge in [0.1, 0.15) is 17.3 Å². The highest BCUT2D eigenvalue weighted by Crippen LogP contribution is 2.35. The number of aliphatic hydroxyl groups is 1. The molecule has 3 rings (SSSR count). The summed E-state index contributed by atoms with van der Waals surface area (Å²) in [5.74, 6) is -0.345. The van der Waals surface area contributed by atoms with Gasteiger partial charge in [-0.1, -0.05) is 18.2 Å². The summed E-state index contributed by atoms with van der Waals surface area (Å²) >= 11 is 0. The molecule has 0 saturated heterocycles. The number of rotatable bonds is 7. The maximum Gasteiger partial charge on any atom is 0.416 e. The van der Waals surface area contributed by atoms with Crippen LogP contribution in [-0.4, -0.2) is 23.9 Å². The van der Waals surface area contributed by atoms with Crippen LogP contribution in [0.25, 0.3) is 0 Å². The van der Waals surface area contributed by atoms with Crippen LogP contribution in [0.15, 0.2) is 60.7 Å². The quantitative estimate of drug-likeness (QED) is 0.348. The molecule has 0 radical (unpaired) electrons. The second-order valence-electron chi connectivity index (χ2n) is 8.13. The maximum absolute atomic E-state index is 14.7. The van der Waals surface area contributed by atoms with Gasteiger partial charge in [0.05, 0.1) is 11.6 Å². The monoisotopic (exact) mass is 501 g/mol. The molecule has 0 bridgehead atoms. The van der Waals surface area contributed by atoms with Crippen LogP contribution in [0.3, 0.4) is 0 Å². The van der Waals surface area contributed by atoms with Crippen molar-refractivity contribution in [2.75, 3.05) is 6.54 Å².